The molecule has 1 aromatic carbocycles. The number of hydrogen-bond donors (Lipinski definition) is 16. The summed E-state index contributed by atoms with van der Waals surface area (Å²) in [6.45, 7) is -0.0447. The van der Waals surface area contributed by atoms with Crippen LogP contribution in [-0.2, 0) is 60.8 Å². The summed E-state index contributed by atoms with van der Waals surface area (Å²) < 4.78 is 0. The molecule has 27 nitrogen and oxygen atoms in total. The Labute approximate surface area is 369 Å². The Bertz CT molecular complexity index is 1970. The van der Waals surface area contributed by atoms with Gasteiger partial charge in [0.15, 0.2) is 0 Å². The monoisotopic (exact) mass is 922 g/mol. The number of carbonyl (C=O) groups is 10. The molecule has 0 aliphatic carbocycles. The third-order valence-corrected chi connectivity index (χ3v) is 9.28. The Morgan fingerprint density at radius 1 is 0.600 bits per heavy atom. The van der Waals surface area contributed by atoms with Gasteiger partial charge in [0.2, 0.25) is 41.4 Å². The van der Waals surface area contributed by atoms with E-state index in [4.69, 9.17) is 10.8 Å². The molecule has 0 aliphatic heterocycles. The minimum absolute atomic E-state index is 0.0375. The van der Waals surface area contributed by atoms with Crippen molar-refractivity contribution in [2.45, 2.75) is 106 Å². The molecule has 0 saturated heterocycles. The lowest BCUT2D eigenvalue weighted by Crippen LogP contribution is -2.63. The van der Waals surface area contributed by atoms with E-state index in [0.717, 1.165) is 13.8 Å². The number of aromatic nitrogens is 2. The SMILES string of the molecule is C[C@@H](O)[C@H](NC(=O)[C@H](Cc1ccccc1)NC(=O)[C@@H](NC(=O)[C@H](CCC(=O)O)NC(=O)[C@H](CO)NC(=O)[C@@H](N)Cc1cnc[nH]1)[C@@H](C)O)C(=O)N[C@@H](CO)C(=O)N[C@@H](CC(=O)O)C(=O)O. The van der Waals surface area contributed by atoms with Gasteiger partial charge in [0.05, 0.1) is 44.2 Å². The third kappa shape index (κ3) is 18.3. The van der Waals surface area contributed by atoms with E-state index < -0.39 is 152 Å². The Kier molecular flexibility index (Phi) is 22.1. The highest BCUT2D eigenvalue weighted by molar-refractivity contribution is 5.98. The van der Waals surface area contributed by atoms with E-state index in [2.05, 4.69) is 36.6 Å². The second kappa shape index (κ2) is 26.5. The number of carboxylic acids is 3. The summed E-state index contributed by atoms with van der Waals surface area (Å²) in [5.74, 6) is -13.1. The summed E-state index contributed by atoms with van der Waals surface area (Å²) in [6, 6.07) is -6.21. The molecule has 0 spiro atoms. The molecule has 0 saturated carbocycles. The minimum Gasteiger partial charge on any atom is -0.481 e. The molecule has 0 aliphatic rings. The number of amides is 7. The van der Waals surface area contributed by atoms with Gasteiger partial charge in [-0.3, -0.25) is 43.2 Å². The van der Waals surface area contributed by atoms with Crippen LogP contribution in [0.1, 0.15) is 44.4 Å². The van der Waals surface area contributed by atoms with E-state index >= 15 is 0 Å². The molecular weight excluding hydrogens is 868 g/mol. The van der Waals surface area contributed by atoms with Gasteiger partial charge in [-0.2, -0.15) is 0 Å². The van der Waals surface area contributed by atoms with Crippen LogP contribution in [-0.4, -0.2) is 179 Å². The maximum Gasteiger partial charge on any atom is 0.326 e. The Morgan fingerprint density at radius 3 is 1.51 bits per heavy atom. The lowest BCUT2D eigenvalue weighted by molar-refractivity contribution is -0.147. The second-order valence-corrected chi connectivity index (χ2v) is 14.6. The molecule has 65 heavy (non-hydrogen) atoms. The molecule has 2 aromatic rings. The van der Waals surface area contributed by atoms with Crippen LogP contribution in [0, 0.1) is 0 Å². The zero-order valence-electron chi connectivity index (χ0n) is 35.0. The van der Waals surface area contributed by atoms with Crippen LogP contribution in [0.25, 0.3) is 0 Å². The zero-order valence-corrected chi connectivity index (χ0v) is 35.0. The molecule has 27 heteroatoms. The van der Waals surface area contributed by atoms with Gasteiger partial charge >= 0.3 is 17.9 Å². The zero-order chi connectivity index (χ0) is 49.0. The van der Waals surface area contributed by atoms with Crippen molar-refractivity contribution in [3.63, 3.8) is 0 Å². The van der Waals surface area contributed by atoms with Crippen LogP contribution in [0.4, 0.5) is 0 Å². The summed E-state index contributed by atoms with van der Waals surface area (Å²) in [5.41, 5.74) is 6.79. The number of H-pyrrole nitrogens is 1. The fourth-order valence-electron chi connectivity index (χ4n) is 5.75. The normalized spacial score (nSPS) is 15.6. The highest BCUT2D eigenvalue weighted by Gasteiger charge is 2.37. The van der Waals surface area contributed by atoms with Gasteiger partial charge in [-0.25, -0.2) is 9.78 Å². The first-order valence-electron chi connectivity index (χ1n) is 19.7. The maximum absolute atomic E-state index is 13.8. The first-order valence-corrected chi connectivity index (χ1v) is 19.7. The number of carbonyl (C=O) groups excluding carboxylic acids is 7. The molecule has 17 N–H and O–H groups in total. The number of aliphatic carboxylic acids is 3. The van der Waals surface area contributed by atoms with Crippen molar-refractivity contribution in [3.8, 4) is 0 Å². The molecule has 1 aromatic heterocycles. The standard InChI is InChI=1S/C38H54N10O17/c1-17(51)29(47-32(58)22(8-9-27(53)54)42-34(60)25(14-49)45-31(57)21(39)11-20-13-40-16-41-20)36(62)43-23(10-19-6-4-3-5-7-19)33(59)48-30(18(2)52)37(63)46-26(15-50)35(61)44-24(38(64)65)12-28(55)56/h3-7,13,16-18,21-26,29-30,49-52H,8-12,14-15,39H2,1-2H3,(H,40,41)(H,42,60)(H,43,62)(H,44,61)(H,45,57)(H,46,63)(H,47,58)(H,48,59)(H,53,54)(H,55,56)(H,64,65)/t17-,18-,21+,22+,23+,24+,25+,26+,29+,30+/m1/s1. The summed E-state index contributed by atoms with van der Waals surface area (Å²) in [6.07, 6.45) is -3.49. The van der Waals surface area contributed by atoms with E-state index in [-0.39, 0.29) is 12.8 Å². The maximum atomic E-state index is 13.8. The number of hydrogen-bond acceptors (Lipinski definition) is 16. The van der Waals surface area contributed by atoms with Crippen molar-refractivity contribution in [3.05, 3.63) is 54.1 Å². The second-order valence-electron chi connectivity index (χ2n) is 14.6. The van der Waals surface area contributed by atoms with Crippen molar-refractivity contribution in [2.24, 2.45) is 5.73 Å². The number of aliphatic hydroxyl groups is 4. The van der Waals surface area contributed by atoms with Crippen molar-refractivity contribution in [2.75, 3.05) is 13.2 Å². The van der Waals surface area contributed by atoms with Gasteiger partial charge in [-0.1, -0.05) is 30.3 Å². The molecule has 10 atom stereocenters. The van der Waals surface area contributed by atoms with Crippen LogP contribution >= 0.6 is 0 Å². The van der Waals surface area contributed by atoms with Crippen molar-refractivity contribution in [1.82, 2.24) is 47.2 Å². The van der Waals surface area contributed by atoms with E-state index in [1.54, 1.807) is 30.3 Å². The highest BCUT2D eigenvalue weighted by Crippen LogP contribution is 2.08. The van der Waals surface area contributed by atoms with Crippen molar-refractivity contribution < 1.29 is 83.7 Å². The fraction of sp³-hybridized carbons (Fsp3) is 0.500. The van der Waals surface area contributed by atoms with Crippen molar-refractivity contribution >= 4 is 59.3 Å². The number of rotatable bonds is 28. The average molecular weight is 923 g/mol. The number of aromatic amines is 1. The van der Waals surface area contributed by atoms with E-state index in [1.807, 2.05) is 10.6 Å². The lowest BCUT2D eigenvalue weighted by atomic mass is 10.0. The third-order valence-electron chi connectivity index (χ3n) is 9.28. The Hall–Kier alpha value is -7.07. The Morgan fingerprint density at radius 2 is 1.06 bits per heavy atom. The Balaban J connectivity index is 2.31. The number of nitrogens with one attached hydrogen (secondary N) is 8. The van der Waals surface area contributed by atoms with Crippen LogP contribution in [0.2, 0.25) is 0 Å². The lowest BCUT2D eigenvalue weighted by Gasteiger charge is -2.29. The van der Waals surface area contributed by atoms with Gasteiger partial charge in [0.1, 0.15) is 42.3 Å². The fourth-order valence-corrected chi connectivity index (χ4v) is 5.75. The minimum atomic E-state index is -1.97. The summed E-state index contributed by atoms with van der Waals surface area (Å²) in [4.78, 5) is 134. The number of aliphatic hydroxyl groups excluding tert-OH is 4. The van der Waals surface area contributed by atoms with Crippen LogP contribution in [0.3, 0.4) is 0 Å². The van der Waals surface area contributed by atoms with Gasteiger partial charge in [0.25, 0.3) is 0 Å². The number of benzene rings is 1. The van der Waals surface area contributed by atoms with E-state index in [1.165, 1.54) is 12.5 Å². The van der Waals surface area contributed by atoms with Gasteiger partial charge in [-0.15, -0.1) is 0 Å². The van der Waals surface area contributed by atoms with Crippen LogP contribution < -0.4 is 43.0 Å². The van der Waals surface area contributed by atoms with Gasteiger partial charge in [-0.05, 0) is 25.8 Å². The molecule has 0 unspecified atom stereocenters. The molecule has 7 amide bonds. The number of nitrogens with two attached hydrogens (primary N) is 1. The quantitative estimate of drug-likeness (QED) is 0.0377. The first-order chi connectivity index (χ1) is 30.6. The predicted octanol–water partition coefficient (Wildman–Crippen LogP) is -6.91. The van der Waals surface area contributed by atoms with Crippen LogP contribution in [0.5, 0.6) is 0 Å². The molecule has 358 valence electrons. The summed E-state index contributed by atoms with van der Waals surface area (Å²) in [5, 5.41) is 83.3. The van der Waals surface area contributed by atoms with Gasteiger partial charge in [0, 0.05) is 31.2 Å². The highest BCUT2D eigenvalue weighted by atomic mass is 16.4. The molecule has 0 radical (unpaired) electrons. The van der Waals surface area contributed by atoms with E-state index in [0.29, 0.717) is 11.3 Å². The number of imidazole rings is 1. The summed E-state index contributed by atoms with van der Waals surface area (Å²) in [7, 11) is 0. The molecule has 0 fully saturated rings. The smallest absolute Gasteiger partial charge is 0.326 e. The molecule has 2 rings (SSSR count). The molecule has 1 heterocycles. The number of carboxylic acid groups (broad SMARTS) is 3. The predicted molar refractivity (Wildman–Crippen MR) is 218 cm³/mol. The summed E-state index contributed by atoms with van der Waals surface area (Å²) >= 11 is 0. The molecule has 0 bridgehead atoms. The van der Waals surface area contributed by atoms with Crippen LogP contribution in [0.15, 0.2) is 42.9 Å². The van der Waals surface area contributed by atoms with Crippen molar-refractivity contribution in [1.29, 1.82) is 0 Å². The average Bonchev–Trinajstić information content (AvgIpc) is 3.76. The van der Waals surface area contributed by atoms with E-state index in [9.17, 15) is 78.6 Å². The van der Waals surface area contributed by atoms with Gasteiger partial charge < -0.3 is 83.7 Å². The first kappa shape index (κ1) is 54.1. The topological polar surface area (TPSA) is 451 Å². The number of nitrogens with zero attached hydrogens (tertiary/aromatic N) is 1. The largest absolute Gasteiger partial charge is 0.481 e. The molecular formula is C38H54N10O17.